The Bertz CT molecular complexity index is 875. The van der Waals surface area contributed by atoms with Crippen LogP contribution in [0, 0.1) is 23.2 Å². The van der Waals surface area contributed by atoms with E-state index in [2.05, 4.69) is 56.3 Å². The average molecular weight is 405 g/mol. The molecular formula is C28H36O2. The van der Waals surface area contributed by atoms with Crippen molar-refractivity contribution in [2.75, 3.05) is 0 Å². The number of aliphatic hydroxyl groups is 1. The highest BCUT2D eigenvalue weighted by Gasteiger charge is 2.56. The second-order valence-electron chi connectivity index (χ2n) is 10.3. The number of fused-ring (bicyclic) bond motifs is 5. The van der Waals surface area contributed by atoms with E-state index < -0.39 is 0 Å². The predicted octanol–water partition coefficient (Wildman–Crippen LogP) is 6.51. The molecule has 0 heterocycles. The molecule has 2 nitrogen and oxygen atoms in total. The van der Waals surface area contributed by atoms with Gasteiger partial charge in [-0.2, -0.15) is 0 Å². The van der Waals surface area contributed by atoms with Gasteiger partial charge in [-0.25, -0.2) is 0 Å². The Morgan fingerprint density at radius 3 is 2.70 bits per heavy atom. The first-order valence-corrected chi connectivity index (χ1v) is 12.1. The number of benzene rings is 2. The quantitative estimate of drug-likeness (QED) is 0.615. The van der Waals surface area contributed by atoms with E-state index in [-0.39, 0.29) is 11.5 Å². The van der Waals surface area contributed by atoms with E-state index in [0.29, 0.717) is 18.4 Å². The zero-order chi connectivity index (χ0) is 20.7. The minimum Gasteiger partial charge on any atom is -0.489 e. The van der Waals surface area contributed by atoms with E-state index in [9.17, 15) is 5.11 Å². The molecule has 3 aliphatic carbocycles. The third-order valence-electron chi connectivity index (χ3n) is 8.73. The van der Waals surface area contributed by atoms with Gasteiger partial charge in [0.1, 0.15) is 12.4 Å². The lowest BCUT2D eigenvalue weighted by Crippen LogP contribution is -2.47. The van der Waals surface area contributed by atoms with Crippen molar-refractivity contribution >= 4 is 0 Å². The monoisotopic (exact) mass is 404 g/mol. The molecule has 6 atom stereocenters. The average Bonchev–Trinajstić information content (AvgIpc) is 3.07. The van der Waals surface area contributed by atoms with Gasteiger partial charge in [0.05, 0.1) is 6.10 Å². The third kappa shape index (κ3) is 3.38. The molecule has 0 amide bonds. The standard InChI is InChI=1S/C28H36O2/c1-3-7-20-16-21-17-22(30-18-19-8-5-4-6-9-19)10-11-23(21)24-14-15-28(2)25(27(20)24)12-13-26(28)29/h4-6,8-11,17,20,24-27,29H,3,7,12-16,18H2,1-2H3/t20?,24?,25?,26-,27?,28-/m0/s1. The first kappa shape index (κ1) is 20.1. The summed E-state index contributed by atoms with van der Waals surface area (Å²) in [7, 11) is 0. The minimum atomic E-state index is -0.0964. The smallest absolute Gasteiger partial charge is 0.120 e. The van der Waals surface area contributed by atoms with Crippen LogP contribution in [0.2, 0.25) is 0 Å². The predicted molar refractivity (Wildman–Crippen MR) is 122 cm³/mol. The summed E-state index contributed by atoms with van der Waals surface area (Å²) in [5.41, 5.74) is 4.44. The molecule has 0 saturated heterocycles. The summed E-state index contributed by atoms with van der Waals surface area (Å²) in [6, 6.07) is 17.3. The summed E-state index contributed by atoms with van der Waals surface area (Å²) in [5, 5.41) is 10.8. The number of rotatable bonds is 5. The van der Waals surface area contributed by atoms with Gasteiger partial charge in [-0.05, 0) is 90.0 Å². The van der Waals surface area contributed by atoms with Crippen molar-refractivity contribution in [1.29, 1.82) is 0 Å². The first-order chi connectivity index (χ1) is 14.6. The van der Waals surface area contributed by atoms with Crippen molar-refractivity contribution in [3.05, 3.63) is 65.2 Å². The lowest BCUT2D eigenvalue weighted by atomic mass is 9.52. The van der Waals surface area contributed by atoms with Gasteiger partial charge in [-0.3, -0.25) is 0 Å². The fourth-order valence-electron chi connectivity index (χ4n) is 7.22. The number of aliphatic hydroxyl groups excluding tert-OH is 1. The molecule has 0 aromatic heterocycles. The Morgan fingerprint density at radius 1 is 1.07 bits per heavy atom. The fraction of sp³-hybridized carbons (Fsp3) is 0.571. The normalized spacial score (nSPS) is 34.7. The van der Waals surface area contributed by atoms with Crippen molar-refractivity contribution in [1.82, 2.24) is 0 Å². The molecule has 30 heavy (non-hydrogen) atoms. The van der Waals surface area contributed by atoms with Crippen molar-refractivity contribution in [3.63, 3.8) is 0 Å². The van der Waals surface area contributed by atoms with Gasteiger partial charge in [-0.15, -0.1) is 0 Å². The summed E-state index contributed by atoms with van der Waals surface area (Å²) < 4.78 is 6.16. The second kappa shape index (κ2) is 8.04. The van der Waals surface area contributed by atoms with Gasteiger partial charge < -0.3 is 9.84 Å². The highest BCUT2D eigenvalue weighted by molar-refractivity contribution is 5.41. The second-order valence-corrected chi connectivity index (χ2v) is 10.3. The molecular weight excluding hydrogens is 368 g/mol. The molecule has 2 heteroatoms. The largest absolute Gasteiger partial charge is 0.489 e. The van der Waals surface area contributed by atoms with Gasteiger partial charge in [0.25, 0.3) is 0 Å². The van der Waals surface area contributed by atoms with Gasteiger partial charge in [0.2, 0.25) is 0 Å². The van der Waals surface area contributed by atoms with Crippen LogP contribution in [0.15, 0.2) is 48.5 Å². The number of hydrogen-bond donors (Lipinski definition) is 1. The third-order valence-corrected chi connectivity index (χ3v) is 8.73. The molecule has 2 aromatic rings. The Morgan fingerprint density at radius 2 is 1.90 bits per heavy atom. The topological polar surface area (TPSA) is 29.5 Å². The molecule has 0 bridgehead atoms. The zero-order valence-electron chi connectivity index (χ0n) is 18.5. The summed E-state index contributed by atoms with van der Waals surface area (Å²) in [6.45, 7) is 5.34. The Hall–Kier alpha value is -1.80. The van der Waals surface area contributed by atoms with Crippen molar-refractivity contribution in [2.24, 2.45) is 23.2 Å². The van der Waals surface area contributed by atoms with Crippen molar-refractivity contribution < 1.29 is 9.84 Å². The van der Waals surface area contributed by atoms with Crippen LogP contribution in [0.25, 0.3) is 0 Å². The van der Waals surface area contributed by atoms with Crippen LogP contribution in [0.3, 0.4) is 0 Å². The lowest BCUT2D eigenvalue weighted by Gasteiger charge is -2.53. The van der Waals surface area contributed by atoms with Gasteiger partial charge >= 0.3 is 0 Å². The molecule has 2 fully saturated rings. The molecule has 0 spiro atoms. The molecule has 1 N–H and O–H groups in total. The SMILES string of the molecule is CCCC1Cc2cc(OCc3ccccc3)ccc2C2CC[C@@]3(C)C(CC[C@@H]3O)C12. The molecule has 2 saturated carbocycles. The zero-order valence-corrected chi connectivity index (χ0v) is 18.5. The summed E-state index contributed by atoms with van der Waals surface area (Å²) >= 11 is 0. The van der Waals surface area contributed by atoms with E-state index >= 15 is 0 Å². The maximum Gasteiger partial charge on any atom is 0.120 e. The summed E-state index contributed by atoms with van der Waals surface area (Å²) in [6.07, 6.45) is 8.25. The highest BCUT2D eigenvalue weighted by Crippen LogP contribution is 2.62. The van der Waals surface area contributed by atoms with Gasteiger partial charge in [0.15, 0.2) is 0 Å². The molecule has 3 aliphatic rings. The van der Waals surface area contributed by atoms with Crippen LogP contribution in [0.1, 0.15) is 75.0 Å². The maximum absolute atomic E-state index is 10.8. The molecule has 5 rings (SSSR count). The Kier molecular flexibility index (Phi) is 5.39. The maximum atomic E-state index is 10.8. The van der Waals surface area contributed by atoms with Crippen molar-refractivity contribution in [3.8, 4) is 5.75 Å². The molecule has 2 aromatic carbocycles. The molecule has 0 radical (unpaired) electrons. The van der Waals surface area contributed by atoms with Gasteiger partial charge in [-0.1, -0.05) is 63.1 Å². The van der Waals surface area contributed by atoms with E-state index in [1.54, 1.807) is 5.56 Å². The molecule has 0 aliphatic heterocycles. The van der Waals surface area contributed by atoms with Crippen molar-refractivity contribution in [2.45, 2.75) is 77.4 Å². The fourth-order valence-corrected chi connectivity index (χ4v) is 7.22. The van der Waals surface area contributed by atoms with E-state index in [1.807, 2.05) is 6.07 Å². The Balaban J connectivity index is 1.41. The minimum absolute atomic E-state index is 0.0964. The van der Waals surface area contributed by atoms with Crippen LogP contribution in [-0.4, -0.2) is 11.2 Å². The van der Waals surface area contributed by atoms with E-state index in [1.165, 1.54) is 49.7 Å². The summed E-state index contributed by atoms with van der Waals surface area (Å²) in [4.78, 5) is 0. The molecule has 4 unspecified atom stereocenters. The van der Waals surface area contributed by atoms with Crippen LogP contribution in [0.4, 0.5) is 0 Å². The lowest BCUT2D eigenvalue weighted by molar-refractivity contribution is -0.0394. The van der Waals surface area contributed by atoms with Crippen LogP contribution >= 0.6 is 0 Å². The van der Waals surface area contributed by atoms with E-state index in [4.69, 9.17) is 4.74 Å². The highest BCUT2D eigenvalue weighted by atomic mass is 16.5. The number of ether oxygens (including phenoxy) is 1. The Labute approximate surface area is 181 Å². The van der Waals surface area contributed by atoms with E-state index in [0.717, 1.165) is 24.0 Å². The first-order valence-electron chi connectivity index (χ1n) is 12.1. The van der Waals surface area contributed by atoms with Crippen LogP contribution < -0.4 is 4.74 Å². The number of hydrogen-bond acceptors (Lipinski definition) is 2. The van der Waals surface area contributed by atoms with Crippen LogP contribution in [0.5, 0.6) is 5.75 Å². The summed E-state index contributed by atoms with van der Waals surface area (Å²) in [5.74, 6) is 3.83. The molecule has 160 valence electrons. The van der Waals surface area contributed by atoms with Gasteiger partial charge in [0, 0.05) is 0 Å². The van der Waals surface area contributed by atoms with Crippen LogP contribution in [-0.2, 0) is 13.0 Å².